The lowest BCUT2D eigenvalue weighted by Crippen LogP contribution is -2.51. The van der Waals surface area contributed by atoms with Gasteiger partial charge in [-0.3, -0.25) is 9.59 Å². The number of carboxylic acid groups (broad SMARTS) is 1. The van der Waals surface area contributed by atoms with E-state index in [-0.39, 0.29) is 23.6 Å². The van der Waals surface area contributed by atoms with E-state index in [4.69, 9.17) is 5.41 Å². The van der Waals surface area contributed by atoms with E-state index in [2.05, 4.69) is 5.32 Å². The maximum Gasteiger partial charge on any atom is 0.326 e. The summed E-state index contributed by atoms with van der Waals surface area (Å²) in [6.07, 6.45) is 5.03. The maximum atomic E-state index is 13.2. The summed E-state index contributed by atoms with van der Waals surface area (Å²) in [6.45, 7) is 3.83. The zero-order chi connectivity index (χ0) is 29.3. The highest BCUT2D eigenvalue weighted by molar-refractivity contribution is 7.89. The molecule has 1 amide bonds. The van der Waals surface area contributed by atoms with E-state index in [9.17, 15) is 27.9 Å². The van der Waals surface area contributed by atoms with Gasteiger partial charge in [0, 0.05) is 31.5 Å². The second kappa shape index (κ2) is 14.3. The fourth-order valence-electron chi connectivity index (χ4n) is 4.84. The van der Waals surface area contributed by atoms with E-state index in [0.717, 1.165) is 41.1 Å². The summed E-state index contributed by atoms with van der Waals surface area (Å²) in [7, 11) is -3.90. The molecule has 1 unspecified atom stereocenters. The molecule has 2 aromatic rings. The minimum absolute atomic E-state index is 0.0270. The molecule has 0 aliphatic carbocycles. The van der Waals surface area contributed by atoms with Crippen LogP contribution in [0.3, 0.4) is 0 Å². The minimum Gasteiger partial charge on any atom is -0.480 e. The first-order valence-electron chi connectivity index (χ1n) is 13.7. The van der Waals surface area contributed by atoms with Crippen LogP contribution >= 0.6 is 0 Å². The third-order valence-corrected chi connectivity index (χ3v) is 9.04. The molecule has 2 aromatic carbocycles. The van der Waals surface area contributed by atoms with Crippen molar-refractivity contribution in [2.75, 3.05) is 6.54 Å². The van der Waals surface area contributed by atoms with Crippen LogP contribution in [-0.2, 0) is 37.2 Å². The lowest BCUT2D eigenvalue weighted by Gasteiger charge is -2.25. The smallest absolute Gasteiger partial charge is 0.326 e. The maximum absolute atomic E-state index is 13.2. The van der Waals surface area contributed by atoms with Gasteiger partial charge >= 0.3 is 5.97 Å². The van der Waals surface area contributed by atoms with Gasteiger partial charge in [-0.15, -0.1) is 0 Å². The molecule has 0 spiro atoms. The van der Waals surface area contributed by atoms with Crippen LogP contribution < -0.4 is 5.32 Å². The number of carbonyl (C=O) groups excluding carboxylic acids is 2. The number of amides is 1. The van der Waals surface area contributed by atoms with Gasteiger partial charge in [-0.2, -0.15) is 4.31 Å². The van der Waals surface area contributed by atoms with Gasteiger partial charge in [0.15, 0.2) is 0 Å². The van der Waals surface area contributed by atoms with Gasteiger partial charge in [0.2, 0.25) is 15.9 Å². The lowest BCUT2D eigenvalue weighted by atomic mass is 10.00. The number of aliphatic carboxylic acids is 1. The van der Waals surface area contributed by atoms with E-state index in [1.807, 2.05) is 6.92 Å². The molecular weight excluding hydrogens is 530 g/mol. The van der Waals surface area contributed by atoms with Crippen molar-refractivity contribution < 1.29 is 27.9 Å². The molecule has 1 heterocycles. The molecule has 1 aliphatic heterocycles. The van der Waals surface area contributed by atoms with Gasteiger partial charge in [0.05, 0.1) is 4.90 Å². The molecule has 216 valence electrons. The van der Waals surface area contributed by atoms with Crippen molar-refractivity contribution in [1.29, 1.82) is 5.41 Å². The Balaban J connectivity index is 1.57. The van der Waals surface area contributed by atoms with Crippen LogP contribution in [-0.4, -0.2) is 59.8 Å². The molecule has 1 fully saturated rings. The van der Waals surface area contributed by atoms with Gasteiger partial charge in [-0.1, -0.05) is 48.4 Å². The van der Waals surface area contributed by atoms with Crippen LogP contribution in [0.15, 0.2) is 53.4 Å². The summed E-state index contributed by atoms with van der Waals surface area (Å²) in [4.78, 5) is 37.5. The Labute approximate surface area is 236 Å². The highest BCUT2D eigenvalue weighted by Crippen LogP contribution is 2.26. The van der Waals surface area contributed by atoms with Crippen molar-refractivity contribution in [3.05, 3.63) is 65.2 Å². The predicted octanol–water partition coefficient (Wildman–Crippen LogP) is 4.06. The van der Waals surface area contributed by atoms with Crippen LogP contribution in [0.4, 0.5) is 0 Å². The summed E-state index contributed by atoms with van der Waals surface area (Å²) in [6, 6.07) is 11.3. The Morgan fingerprint density at radius 3 is 2.25 bits per heavy atom. The molecule has 3 N–H and O–H groups in total. The van der Waals surface area contributed by atoms with E-state index in [1.54, 1.807) is 43.3 Å². The highest BCUT2D eigenvalue weighted by atomic mass is 32.2. The van der Waals surface area contributed by atoms with Gasteiger partial charge in [-0.05, 0) is 69.2 Å². The molecule has 1 saturated heterocycles. The van der Waals surface area contributed by atoms with Crippen molar-refractivity contribution in [3.63, 3.8) is 0 Å². The first-order valence-corrected chi connectivity index (χ1v) is 15.2. The Morgan fingerprint density at radius 1 is 1.00 bits per heavy atom. The predicted molar refractivity (Wildman–Crippen MR) is 153 cm³/mol. The number of benzene rings is 2. The number of sulfonamides is 1. The molecule has 0 bridgehead atoms. The number of hydrogen-bond donors (Lipinski definition) is 3. The Morgan fingerprint density at radius 2 is 1.62 bits per heavy atom. The van der Waals surface area contributed by atoms with Crippen molar-refractivity contribution >= 4 is 33.4 Å². The number of rotatable bonds is 15. The van der Waals surface area contributed by atoms with Crippen LogP contribution in [0.5, 0.6) is 0 Å². The molecule has 2 atom stereocenters. The fraction of sp³-hybridized carbons (Fsp3) is 0.467. The molecule has 9 nitrogen and oxygen atoms in total. The number of Topliss-reactive ketones (excluding diaryl/α,β-unsaturated/α-hetero) is 1. The average Bonchev–Trinajstić information content (AvgIpc) is 3.40. The number of carboxylic acids is 1. The van der Waals surface area contributed by atoms with E-state index < -0.39 is 34.0 Å². The minimum atomic E-state index is -3.90. The largest absolute Gasteiger partial charge is 0.480 e. The number of unbranched alkanes of at least 4 members (excludes halogenated alkanes) is 2. The van der Waals surface area contributed by atoms with E-state index in [0.29, 0.717) is 37.0 Å². The van der Waals surface area contributed by atoms with Gasteiger partial charge < -0.3 is 15.8 Å². The van der Waals surface area contributed by atoms with Crippen molar-refractivity contribution in [2.24, 2.45) is 0 Å². The Bertz CT molecular complexity index is 1310. The number of carbonyl (C=O) groups is 3. The van der Waals surface area contributed by atoms with Gasteiger partial charge in [0.25, 0.3) is 0 Å². The topological polar surface area (TPSA) is 145 Å². The third-order valence-electron chi connectivity index (χ3n) is 7.12. The Hall–Kier alpha value is -3.37. The molecule has 40 heavy (non-hydrogen) atoms. The average molecular weight is 570 g/mol. The third kappa shape index (κ3) is 8.82. The van der Waals surface area contributed by atoms with E-state index in [1.165, 1.54) is 12.1 Å². The molecule has 0 saturated carbocycles. The fourth-order valence-corrected chi connectivity index (χ4v) is 6.49. The molecular formula is C30H39N3O6S. The quantitative estimate of drug-likeness (QED) is 0.218. The SMILES string of the molecule is CC(=N)CCCCCC(=O)Cc1ccc(CC(NC(=O)[C@@H]2CCCN2S(=O)(=O)c2ccc(C)cc2)C(=O)O)cc1. The van der Waals surface area contributed by atoms with Crippen LogP contribution in [0.1, 0.15) is 68.6 Å². The molecule has 1 aliphatic rings. The summed E-state index contributed by atoms with van der Waals surface area (Å²) < 4.78 is 27.5. The summed E-state index contributed by atoms with van der Waals surface area (Å²) in [5, 5.41) is 19.8. The van der Waals surface area contributed by atoms with Gasteiger partial charge in [-0.25, -0.2) is 13.2 Å². The highest BCUT2D eigenvalue weighted by Gasteiger charge is 2.40. The first kappa shape index (κ1) is 31.2. The standard InChI is InChI=1S/C30H39N3O6S/c1-21-10-16-26(17-11-21)40(38,39)33-18-6-9-28(33)29(35)32-27(30(36)37)20-24-14-12-23(13-15-24)19-25(34)8-5-3-4-7-22(2)31/h10-17,27-28,31H,3-9,18-20H2,1-2H3,(H,32,35)(H,36,37)/t27?,28-/m0/s1. The lowest BCUT2D eigenvalue weighted by molar-refractivity contribution is -0.142. The number of hydrogen-bond acceptors (Lipinski definition) is 6. The monoisotopic (exact) mass is 569 g/mol. The first-order chi connectivity index (χ1) is 19.0. The normalized spacial score (nSPS) is 16.4. The van der Waals surface area contributed by atoms with Crippen LogP contribution in [0.2, 0.25) is 0 Å². The van der Waals surface area contributed by atoms with Crippen molar-refractivity contribution in [3.8, 4) is 0 Å². The summed E-state index contributed by atoms with van der Waals surface area (Å²) in [5.74, 6) is -1.70. The molecule has 10 heteroatoms. The second-order valence-electron chi connectivity index (χ2n) is 10.6. The second-order valence-corrected chi connectivity index (χ2v) is 12.5. The van der Waals surface area contributed by atoms with Crippen molar-refractivity contribution in [1.82, 2.24) is 9.62 Å². The zero-order valence-corrected chi connectivity index (χ0v) is 24.0. The number of ketones is 1. The van der Waals surface area contributed by atoms with Crippen molar-refractivity contribution in [2.45, 2.75) is 88.6 Å². The van der Waals surface area contributed by atoms with E-state index >= 15 is 0 Å². The van der Waals surface area contributed by atoms with Gasteiger partial charge in [0.1, 0.15) is 17.9 Å². The van der Waals surface area contributed by atoms with Crippen LogP contribution in [0, 0.1) is 12.3 Å². The number of nitrogens with zero attached hydrogens (tertiary/aromatic N) is 1. The number of nitrogens with one attached hydrogen (secondary N) is 2. The molecule has 0 radical (unpaired) electrons. The Kier molecular flexibility index (Phi) is 11.2. The molecule has 0 aromatic heterocycles. The summed E-state index contributed by atoms with van der Waals surface area (Å²) >= 11 is 0. The molecule has 3 rings (SSSR count). The number of aryl methyl sites for hydroxylation is 1. The summed E-state index contributed by atoms with van der Waals surface area (Å²) in [5.41, 5.74) is 3.09. The zero-order valence-electron chi connectivity index (χ0n) is 23.2. The van der Waals surface area contributed by atoms with Crippen LogP contribution in [0.25, 0.3) is 0 Å².